The molecule has 0 atom stereocenters. The molecule has 3 heteroatoms. The number of hydrogen-bond acceptors (Lipinski definition) is 2. The highest BCUT2D eigenvalue weighted by atomic mass is 16.4. The van der Waals surface area contributed by atoms with E-state index in [1.54, 1.807) is 12.1 Å². The minimum atomic E-state index is -0.853. The lowest BCUT2D eigenvalue weighted by atomic mass is 9.84. The molecule has 0 bridgehead atoms. The van der Waals surface area contributed by atoms with Crippen molar-refractivity contribution in [3.05, 3.63) is 28.8 Å². The third-order valence-corrected chi connectivity index (χ3v) is 2.60. The molecule has 1 rings (SSSR count). The van der Waals surface area contributed by atoms with Gasteiger partial charge in [-0.05, 0) is 35.1 Å². The number of aliphatic carboxylic acids is 1. The molecule has 0 amide bonds. The first-order valence-electron chi connectivity index (χ1n) is 5.26. The molecule has 0 saturated carbocycles. The van der Waals surface area contributed by atoms with Crippen molar-refractivity contribution in [1.29, 1.82) is 0 Å². The molecule has 16 heavy (non-hydrogen) atoms. The Morgan fingerprint density at radius 3 is 2.31 bits per heavy atom. The van der Waals surface area contributed by atoms with Crippen LogP contribution in [0.25, 0.3) is 0 Å². The zero-order valence-electron chi connectivity index (χ0n) is 10.2. The fraction of sp³-hybridized carbons (Fsp3) is 0.462. The van der Waals surface area contributed by atoms with Gasteiger partial charge in [-0.1, -0.05) is 26.8 Å². The van der Waals surface area contributed by atoms with Crippen molar-refractivity contribution in [2.75, 3.05) is 0 Å². The number of phenols is 1. The van der Waals surface area contributed by atoms with E-state index in [0.29, 0.717) is 0 Å². The van der Waals surface area contributed by atoms with Gasteiger partial charge in [-0.25, -0.2) is 0 Å². The molecule has 0 unspecified atom stereocenters. The van der Waals surface area contributed by atoms with Crippen LogP contribution < -0.4 is 0 Å². The molecule has 0 aliphatic carbocycles. The normalized spacial score (nSPS) is 11.5. The molecule has 1 aromatic rings. The Hall–Kier alpha value is -1.51. The number of rotatable bonds is 2. The molecular formula is C13H18O3. The van der Waals surface area contributed by atoms with Gasteiger partial charge in [0.1, 0.15) is 5.75 Å². The average molecular weight is 222 g/mol. The summed E-state index contributed by atoms with van der Waals surface area (Å²) >= 11 is 0. The van der Waals surface area contributed by atoms with E-state index >= 15 is 0 Å². The summed E-state index contributed by atoms with van der Waals surface area (Å²) in [5, 5.41) is 18.6. The lowest BCUT2D eigenvalue weighted by molar-refractivity contribution is -0.136. The summed E-state index contributed by atoms with van der Waals surface area (Å²) in [6.07, 6.45) is -0.00477. The van der Waals surface area contributed by atoms with Crippen LogP contribution in [0.3, 0.4) is 0 Å². The number of carbonyl (C=O) groups is 1. The maximum atomic E-state index is 10.7. The molecule has 3 nitrogen and oxygen atoms in total. The summed E-state index contributed by atoms with van der Waals surface area (Å²) in [6, 6.07) is 3.43. The molecule has 2 N–H and O–H groups in total. The second kappa shape index (κ2) is 4.16. The van der Waals surface area contributed by atoms with Crippen LogP contribution in [0.5, 0.6) is 5.75 Å². The van der Waals surface area contributed by atoms with Crippen molar-refractivity contribution in [1.82, 2.24) is 0 Å². The molecule has 0 saturated heterocycles. The van der Waals surface area contributed by atoms with Gasteiger partial charge in [-0.2, -0.15) is 0 Å². The predicted octanol–water partition coefficient (Wildman–Crippen LogP) is 2.63. The van der Waals surface area contributed by atoms with Crippen LogP contribution in [0.15, 0.2) is 12.1 Å². The molecule has 0 aliphatic rings. The van der Waals surface area contributed by atoms with E-state index < -0.39 is 5.97 Å². The number of hydrogen-bond donors (Lipinski definition) is 2. The van der Waals surface area contributed by atoms with Crippen molar-refractivity contribution < 1.29 is 15.0 Å². The monoisotopic (exact) mass is 222 g/mol. The smallest absolute Gasteiger partial charge is 0.307 e. The van der Waals surface area contributed by atoms with E-state index in [1.807, 2.05) is 27.7 Å². The number of carboxylic acid groups (broad SMARTS) is 1. The second-order valence-corrected chi connectivity index (χ2v) is 5.12. The Balaban J connectivity index is 3.27. The van der Waals surface area contributed by atoms with Gasteiger partial charge >= 0.3 is 5.97 Å². The highest BCUT2D eigenvalue weighted by Gasteiger charge is 2.20. The summed E-state index contributed by atoms with van der Waals surface area (Å²) in [5.74, 6) is -0.618. The van der Waals surface area contributed by atoms with Gasteiger partial charge in [-0.3, -0.25) is 4.79 Å². The number of benzene rings is 1. The molecule has 0 spiro atoms. The van der Waals surface area contributed by atoms with Crippen LogP contribution in [0.1, 0.15) is 37.5 Å². The molecular weight excluding hydrogens is 204 g/mol. The minimum absolute atomic E-state index is 0.00477. The van der Waals surface area contributed by atoms with Gasteiger partial charge in [0.25, 0.3) is 0 Å². The first-order chi connectivity index (χ1) is 7.21. The number of aryl methyl sites for hydroxylation is 1. The quantitative estimate of drug-likeness (QED) is 0.808. The van der Waals surface area contributed by atoms with Gasteiger partial charge in [-0.15, -0.1) is 0 Å². The van der Waals surface area contributed by atoms with Gasteiger partial charge < -0.3 is 10.2 Å². The Kier molecular flexibility index (Phi) is 3.27. The molecule has 0 heterocycles. The molecule has 0 aliphatic heterocycles. The predicted molar refractivity (Wildman–Crippen MR) is 62.9 cm³/mol. The topological polar surface area (TPSA) is 57.5 Å². The first kappa shape index (κ1) is 12.6. The summed E-state index contributed by atoms with van der Waals surface area (Å²) < 4.78 is 0. The average Bonchev–Trinajstić information content (AvgIpc) is 2.06. The second-order valence-electron chi connectivity index (χ2n) is 5.12. The van der Waals surface area contributed by atoms with Crippen molar-refractivity contribution in [3.8, 4) is 5.75 Å². The summed E-state index contributed by atoms with van der Waals surface area (Å²) in [6.45, 7) is 7.77. The van der Waals surface area contributed by atoms with E-state index in [0.717, 1.165) is 16.7 Å². The Morgan fingerprint density at radius 1 is 1.31 bits per heavy atom. The van der Waals surface area contributed by atoms with Crippen LogP contribution in [0.2, 0.25) is 0 Å². The van der Waals surface area contributed by atoms with Gasteiger partial charge in [0.2, 0.25) is 0 Å². The van der Waals surface area contributed by atoms with E-state index in [4.69, 9.17) is 5.11 Å². The first-order valence-corrected chi connectivity index (χ1v) is 5.26. The maximum Gasteiger partial charge on any atom is 0.307 e. The minimum Gasteiger partial charge on any atom is -0.508 e. The van der Waals surface area contributed by atoms with Crippen molar-refractivity contribution >= 4 is 5.97 Å². The van der Waals surface area contributed by atoms with Crippen molar-refractivity contribution in [2.24, 2.45) is 0 Å². The van der Waals surface area contributed by atoms with Gasteiger partial charge in [0.05, 0.1) is 6.42 Å². The van der Waals surface area contributed by atoms with Gasteiger partial charge in [0, 0.05) is 0 Å². The van der Waals surface area contributed by atoms with Crippen LogP contribution in [0, 0.1) is 6.92 Å². The summed E-state index contributed by atoms with van der Waals surface area (Å²) in [5.41, 5.74) is 2.17. The van der Waals surface area contributed by atoms with Crippen LogP contribution in [-0.4, -0.2) is 16.2 Å². The van der Waals surface area contributed by atoms with Crippen molar-refractivity contribution in [2.45, 2.75) is 39.5 Å². The van der Waals surface area contributed by atoms with Crippen molar-refractivity contribution in [3.63, 3.8) is 0 Å². The molecule has 1 aromatic carbocycles. The zero-order valence-corrected chi connectivity index (χ0v) is 10.2. The van der Waals surface area contributed by atoms with E-state index in [2.05, 4.69) is 0 Å². The fourth-order valence-electron chi connectivity index (χ4n) is 1.69. The zero-order chi connectivity index (χ0) is 12.5. The maximum absolute atomic E-state index is 10.7. The highest BCUT2D eigenvalue weighted by molar-refractivity contribution is 5.71. The van der Waals surface area contributed by atoms with Crippen LogP contribution in [0.4, 0.5) is 0 Å². The third-order valence-electron chi connectivity index (χ3n) is 2.60. The summed E-state index contributed by atoms with van der Waals surface area (Å²) in [4.78, 5) is 10.7. The number of aromatic hydroxyl groups is 1. The van der Waals surface area contributed by atoms with E-state index in [1.165, 1.54) is 0 Å². The summed E-state index contributed by atoms with van der Waals surface area (Å²) in [7, 11) is 0. The molecule has 0 fully saturated rings. The number of carboxylic acids is 1. The van der Waals surface area contributed by atoms with Gasteiger partial charge in [0.15, 0.2) is 0 Å². The Morgan fingerprint density at radius 2 is 1.88 bits per heavy atom. The lowest BCUT2D eigenvalue weighted by Crippen LogP contribution is -2.13. The van der Waals surface area contributed by atoms with E-state index in [9.17, 15) is 9.90 Å². The SMILES string of the molecule is Cc1cc(O)c(C(C)(C)C)cc1CC(=O)O. The van der Waals surface area contributed by atoms with Crippen LogP contribution >= 0.6 is 0 Å². The van der Waals surface area contributed by atoms with Crippen LogP contribution in [-0.2, 0) is 16.6 Å². The highest BCUT2D eigenvalue weighted by Crippen LogP contribution is 2.32. The Labute approximate surface area is 95.7 Å². The molecule has 88 valence electrons. The third kappa shape index (κ3) is 2.75. The molecule has 0 aromatic heterocycles. The molecule has 0 radical (unpaired) electrons. The Bertz CT molecular complexity index is 414. The number of phenolic OH excluding ortho intramolecular Hbond substituents is 1. The standard InChI is InChI=1S/C13H18O3/c1-8-5-11(14)10(13(2,3)4)6-9(8)7-12(15)16/h5-6,14H,7H2,1-4H3,(H,15,16). The largest absolute Gasteiger partial charge is 0.508 e. The fourth-order valence-corrected chi connectivity index (χ4v) is 1.69. The lowest BCUT2D eigenvalue weighted by Gasteiger charge is -2.22. The van der Waals surface area contributed by atoms with E-state index in [-0.39, 0.29) is 17.6 Å².